The van der Waals surface area contributed by atoms with E-state index in [0.717, 1.165) is 5.75 Å². The molecule has 4 heteroatoms. The summed E-state index contributed by atoms with van der Waals surface area (Å²) < 4.78 is 5.00. The first-order chi connectivity index (χ1) is 8.45. The van der Waals surface area contributed by atoms with Crippen LogP contribution in [0.1, 0.15) is 12.8 Å². The van der Waals surface area contributed by atoms with Gasteiger partial charge in [-0.1, -0.05) is 19.6 Å². The van der Waals surface area contributed by atoms with Gasteiger partial charge in [-0.15, -0.1) is 35.6 Å². The second-order valence-electron chi connectivity index (χ2n) is 4.60. The lowest BCUT2D eigenvalue weighted by atomic mass is 10.5. The molecule has 0 aliphatic carbocycles. The van der Waals surface area contributed by atoms with Gasteiger partial charge in [0.2, 0.25) is 0 Å². The number of rotatable bonds is 6. The maximum atomic E-state index is 11.2. The number of hydrogen-bond acceptors (Lipinski definition) is 3. The summed E-state index contributed by atoms with van der Waals surface area (Å²) in [6.45, 7) is 6.90. The molecule has 0 aliphatic heterocycles. The van der Waals surface area contributed by atoms with Crippen LogP contribution < -0.4 is 0 Å². The molecule has 0 saturated carbocycles. The predicted octanol–water partition coefficient (Wildman–Crippen LogP) is 3.07. The molecule has 0 aromatic heterocycles. The van der Waals surface area contributed by atoms with Gasteiger partial charge in [-0.3, -0.25) is 0 Å². The molecular formula is C14H20O2SSi. The average molecular weight is 280 g/mol. The second-order valence-corrected chi connectivity index (χ2v) is 10.4. The second kappa shape index (κ2) is 9.88. The van der Waals surface area contributed by atoms with Crippen LogP contribution in [0.4, 0.5) is 0 Å². The maximum absolute atomic E-state index is 11.2. The van der Waals surface area contributed by atoms with Crippen molar-refractivity contribution >= 4 is 25.8 Å². The van der Waals surface area contributed by atoms with Gasteiger partial charge in [0.25, 0.3) is 0 Å². The van der Waals surface area contributed by atoms with E-state index in [2.05, 4.69) is 37.0 Å². The van der Waals surface area contributed by atoms with Gasteiger partial charge in [-0.2, -0.15) is 0 Å². The molecule has 0 aliphatic rings. The van der Waals surface area contributed by atoms with Crippen LogP contribution in [0, 0.1) is 23.8 Å². The highest BCUT2D eigenvalue weighted by atomic mass is 32.2. The number of thioether (sulfide) groups is 1. The molecule has 0 N–H and O–H groups in total. The Kier molecular flexibility index (Phi) is 9.27. The molecule has 0 spiro atoms. The van der Waals surface area contributed by atoms with Crippen molar-refractivity contribution in [2.24, 2.45) is 0 Å². The van der Waals surface area contributed by atoms with Gasteiger partial charge in [-0.25, -0.2) is 4.79 Å². The van der Waals surface area contributed by atoms with E-state index in [-0.39, 0.29) is 5.97 Å². The van der Waals surface area contributed by atoms with Crippen LogP contribution in [-0.2, 0) is 9.53 Å². The number of hydrogen-bond donors (Lipinski definition) is 0. The SMILES string of the molecule is C#CCCS/C=C/C(=O)OCCC#C[Si](C)(C)C. The van der Waals surface area contributed by atoms with Gasteiger partial charge in [0, 0.05) is 24.7 Å². The summed E-state index contributed by atoms with van der Waals surface area (Å²) >= 11 is 1.51. The first kappa shape index (κ1) is 16.9. The van der Waals surface area contributed by atoms with E-state index in [1.807, 2.05) is 0 Å². The van der Waals surface area contributed by atoms with Gasteiger partial charge in [0.15, 0.2) is 0 Å². The normalized spacial score (nSPS) is 10.6. The molecule has 0 atom stereocenters. The molecule has 98 valence electrons. The number of carbonyl (C=O) groups excluding carboxylic acids is 1. The lowest BCUT2D eigenvalue weighted by Crippen LogP contribution is -2.16. The zero-order valence-corrected chi connectivity index (χ0v) is 13.1. The molecular weight excluding hydrogens is 260 g/mol. The molecule has 0 amide bonds. The summed E-state index contributed by atoms with van der Waals surface area (Å²) in [7, 11) is -1.30. The van der Waals surface area contributed by atoms with Gasteiger partial charge in [-0.05, 0) is 5.41 Å². The van der Waals surface area contributed by atoms with Gasteiger partial charge < -0.3 is 4.74 Å². The molecule has 0 heterocycles. The smallest absolute Gasteiger partial charge is 0.331 e. The Bertz CT molecular complexity index is 377. The van der Waals surface area contributed by atoms with Crippen molar-refractivity contribution in [3.05, 3.63) is 11.5 Å². The standard InChI is InChI=1S/C14H20O2SSi/c1-5-6-11-17-12-9-14(15)16-10-7-8-13-18(2,3)4/h1,9,12H,6-7,10-11H2,2-4H3/b12-9+. The number of ether oxygens (including phenoxy) is 1. The lowest BCUT2D eigenvalue weighted by molar-refractivity contribution is -0.137. The van der Waals surface area contributed by atoms with Crippen molar-refractivity contribution in [2.45, 2.75) is 32.5 Å². The Labute approximate surface area is 116 Å². The van der Waals surface area contributed by atoms with E-state index in [0.29, 0.717) is 19.4 Å². The summed E-state index contributed by atoms with van der Waals surface area (Å²) in [4.78, 5) is 11.2. The van der Waals surface area contributed by atoms with Crippen LogP contribution in [-0.4, -0.2) is 26.4 Å². The van der Waals surface area contributed by atoms with Crippen LogP contribution in [0.5, 0.6) is 0 Å². The van der Waals surface area contributed by atoms with Crippen molar-refractivity contribution in [1.82, 2.24) is 0 Å². The van der Waals surface area contributed by atoms with E-state index >= 15 is 0 Å². The maximum Gasteiger partial charge on any atom is 0.331 e. The Hall–Kier alpha value is -1.10. The minimum Gasteiger partial charge on any atom is -0.462 e. The fourth-order valence-corrected chi connectivity index (χ4v) is 2.10. The highest BCUT2D eigenvalue weighted by Gasteiger charge is 2.06. The molecule has 2 nitrogen and oxygen atoms in total. The largest absolute Gasteiger partial charge is 0.462 e. The molecule has 0 bridgehead atoms. The van der Waals surface area contributed by atoms with Gasteiger partial charge in [0.1, 0.15) is 14.7 Å². The van der Waals surface area contributed by atoms with E-state index < -0.39 is 8.07 Å². The van der Waals surface area contributed by atoms with Crippen LogP contribution in [0.25, 0.3) is 0 Å². The highest BCUT2D eigenvalue weighted by molar-refractivity contribution is 8.02. The molecule has 0 aromatic rings. The van der Waals surface area contributed by atoms with Gasteiger partial charge in [0.05, 0.1) is 0 Å². The number of carbonyl (C=O) groups is 1. The van der Waals surface area contributed by atoms with E-state index in [4.69, 9.17) is 11.2 Å². The molecule has 18 heavy (non-hydrogen) atoms. The van der Waals surface area contributed by atoms with Crippen molar-refractivity contribution < 1.29 is 9.53 Å². The molecule has 0 aromatic carbocycles. The van der Waals surface area contributed by atoms with Crippen molar-refractivity contribution in [3.63, 3.8) is 0 Å². The fourth-order valence-electron chi connectivity index (χ4n) is 0.868. The quantitative estimate of drug-likeness (QED) is 0.246. The Balaban J connectivity index is 3.65. The molecule has 0 saturated heterocycles. The van der Waals surface area contributed by atoms with Crippen molar-refractivity contribution in [3.8, 4) is 23.8 Å². The first-order valence-electron chi connectivity index (χ1n) is 5.84. The van der Waals surface area contributed by atoms with Gasteiger partial charge >= 0.3 is 5.97 Å². The van der Waals surface area contributed by atoms with Crippen LogP contribution >= 0.6 is 11.8 Å². The summed E-state index contributed by atoms with van der Waals surface area (Å²) in [5.41, 5.74) is 3.22. The highest BCUT2D eigenvalue weighted by Crippen LogP contribution is 2.03. The first-order valence-corrected chi connectivity index (χ1v) is 10.4. The molecule has 0 fully saturated rings. The minimum absolute atomic E-state index is 0.321. The Morgan fingerprint density at radius 2 is 2.11 bits per heavy atom. The van der Waals surface area contributed by atoms with Crippen molar-refractivity contribution in [2.75, 3.05) is 12.4 Å². The number of esters is 1. The minimum atomic E-state index is -1.30. The monoisotopic (exact) mass is 280 g/mol. The average Bonchev–Trinajstić information content (AvgIpc) is 2.27. The van der Waals surface area contributed by atoms with E-state index in [1.54, 1.807) is 5.41 Å². The third-order valence-corrected chi connectivity index (χ3v) is 3.29. The summed E-state index contributed by atoms with van der Waals surface area (Å²) in [6, 6.07) is 0. The fraction of sp³-hybridized carbons (Fsp3) is 0.500. The topological polar surface area (TPSA) is 26.3 Å². The number of terminal acetylenes is 1. The Morgan fingerprint density at radius 1 is 1.39 bits per heavy atom. The predicted molar refractivity (Wildman–Crippen MR) is 81.7 cm³/mol. The third-order valence-electron chi connectivity index (χ3n) is 1.60. The molecule has 0 unspecified atom stereocenters. The van der Waals surface area contributed by atoms with E-state index in [9.17, 15) is 4.79 Å². The van der Waals surface area contributed by atoms with Crippen LogP contribution in [0.15, 0.2) is 11.5 Å². The summed E-state index contributed by atoms with van der Waals surface area (Å²) in [5.74, 6) is 6.08. The van der Waals surface area contributed by atoms with Crippen LogP contribution in [0.3, 0.4) is 0 Å². The Morgan fingerprint density at radius 3 is 2.72 bits per heavy atom. The summed E-state index contributed by atoms with van der Waals surface area (Å²) in [6.07, 6.45) is 7.84. The van der Waals surface area contributed by atoms with Crippen molar-refractivity contribution in [1.29, 1.82) is 0 Å². The zero-order chi connectivity index (χ0) is 13.9. The zero-order valence-electron chi connectivity index (χ0n) is 11.3. The van der Waals surface area contributed by atoms with Crippen LogP contribution in [0.2, 0.25) is 19.6 Å². The lowest BCUT2D eigenvalue weighted by Gasteiger charge is -2.03. The molecule has 0 rings (SSSR count). The molecule has 0 radical (unpaired) electrons. The van der Waals surface area contributed by atoms with E-state index in [1.165, 1.54) is 17.8 Å². The third kappa shape index (κ3) is 13.0. The summed E-state index contributed by atoms with van der Waals surface area (Å²) in [5, 5.41) is 1.72.